The SMILES string of the molecule is CC(O)C1CCN(Cc2cccc(C#CCO)c2)CC1. The monoisotopic (exact) mass is 273 g/mol. The van der Waals surface area contributed by atoms with Gasteiger partial charge in [0, 0.05) is 12.1 Å². The van der Waals surface area contributed by atoms with E-state index in [0.717, 1.165) is 38.0 Å². The highest BCUT2D eigenvalue weighted by atomic mass is 16.3. The summed E-state index contributed by atoms with van der Waals surface area (Å²) in [5.74, 6) is 6.07. The Morgan fingerprint density at radius 3 is 2.75 bits per heavy atom. The summed E-state index contributed by atoms with van der Waals surface area (Å²) in [6, 6.07) is 8.18. The van der Waals surface area contributed by atoms with Crippen LogP contribution in [0.25, 0.3) is 0 Å². The molecule has 1 fully saturated rings. The zero-order chi connectivity index (χ0) is 14.4. The van der Waals surface area contributed by atoms with Crippen molar-refractivity contribution >= 4 is 0 Å². The van der Waals surface area contributed by atoms with Gasteiger partial charge in [-0.25, -0.2) is 0 Å². The van der Waals surface area contributed by atoms with Crippen molar-refractivity contribution in [2.24, 2.45) is 5.92 Å². The van der Waals surface area contributed by atoms with E-state index in [4.69, 9.17) is 5.11 Å². The van der Waals surface area contributed by atoms with Crippen LogP contribution in [-0.4, -0.2) is 40.9 Å². The standard InChI is InChI=1S/C17H23NO2/c1-14(20)17-7-9-18(10-8-17)13-16-5-2-4-15(12-16)6-3-11-19/h2,4-5,12,14,17,19-20H,7-11,13H2,1H3. The van der Waals surface area contributed by atoms with Gasteiger partial charge in [0.1, 0.15) is 6.61 Å². The van der Waals surface area contributed by atoms with Gasteiger partial charge >= 0.3 is 0 Å². The molecule has 0 spiro atoms. The molecule has 0 aromatic heterocycles. The third kappa shape index (κ3) is 4.35. The topological polar surface area (TPSA) is 43.7 Å². The highest BCUT2D eigenvalue weighted by molar-refractivity contribution is 5.37. The molecule has 1 aliphatic rings. The maximum Gasteiger partial charge on any atom is 0.104 e. The predicted molar refractivity (Wildman–Crippen MR) is 80.1 cm³/mol. The first kappa shape index (κ1) is 15.1. The van der Waals surface area contributed by atoms with Crippen molar-refractivity contribution < 1.29 is 10.2 Å². The van der Waals surface area contributed by atoms with Crippen LogP contribution in [0.3, 0.4) is 0 Å². The number of piperidine rings is 1. The van der Waals surface area contributed by atoms with Gasteiger partial charge in [0.05, 0.1) is 6.10 Å². The second-order valence-corrected chi connectivity index (χ2v) is 5.51. The number of hydrogen-bond donors (Lipinski definition) is 2. The zero-order valence-corrected chi connectivity index (χ0v) is 12.0. The Balaban J connectivity index is 1.91. The Kier molecular flexibility index (Phi) is 5.60. The van der Waals surface area contributed by atoms with Crippen molar-refractivity contribution in [2.75, 3.05) is 19.7 Å². The summed E-state index contributed by atoms with van der Waals surface area (Å²) in [6.07, 6.45) is 1.96. The number of likely N-dealkylation sites (tertiary alicyclic amines) is 1. The molecule has 20 heavy (non-hydrogen) atoms. The minimum absolute atomic E-state index is 0.100. The molecule has 1 atom stereocenters. The number of aliphatic hydroxyl groups is 2. The van der Waals surface area contributed by atoms with E-state index >= 15 is 0 Å². The summed E-state index contributed by atoms with van der Waals surface area (Å²) >= 11 is 0. The van der Waals surface area contributed by atoms with Crippen molar-refractivity contribution in [3.8, 4) is 11.8 Å². The van der Waals surface area contributed by atoms with Crippen LogP contribution >= 0.6 is 0 Å². The second kappa shape index (κ2) is 7.44. The second-order valence-electron chi connectivity index (χ2n) is 5.51. The van der Waals surface area contributed by atoms with E-state index in [2.05, 4.69) is 28.9 Å². The van der Waals surface area contributed by atoms with Crippen LogP contribution in [0.1, 0.15) is 30.9 Å². The van der Waals surface area contributed by atoms with E-state index in [9.17, 15) is 5.11 Å². The first-order chi connectivity index (χ1) is 9.69. The van der Waals surface area contributed by atoms with Crippen molar-refractivity contribution in [2.45, 2.75) is 32.4 Å². The van der Waals surface area contributed by atoms with Crippen LogP contribution in [-0.2, 0) is 6.54 Å². The highest BCUT2D eigenvalue weighted by Gasteiger charge is 2.22. The average Bonchev–Trinajstić information content (AvgIpc) is 2.46. The largest absolute Gasteiger partial charge is 0.393 e. The fraction of sp³-hybridized carbons (Fsp3) is 0.529. The molecule has 2 rings (SSSR count). The predicted octanol–water partition coefficient (Wildman–Crippen LogP) is 1.62. The molecular weight excluding hydrogens is 250 g/mol. The lowest BCUT2D eigenvalue weighted by atomic mass is 9.92. The van der Waals surface area contributed by atoms with E-state index in [1.807, 2.05) is 19.1 Å². The van der Waals surface area contributed by atoms with Crippen molar-refractivity contribution in [1.29, 1.82) is 0 Å². The maximum absolute atomic E-state index is 9.62. The molecule has 3 nitrogen and oxygen atoms in total. The van der Waals surface area contributed by atoms with Crippen molar-refractivity contribution in [3.63, 3.8) is 0 Å². The smallest absolute Gasteiger partial charge is 0.104 e. The van der Waals surface area contributed by atoms with Crippen LogP contribution in [0.4, 0.5) is 0 Å². The molecule has 0 aliphatic carbocycles. The van der Waals surface area contributed by atoms with E-state index < -0.39 is 0 Å². The Bertz CT molecular complexity index is 479. The van der Waals surface area contributed by atoms with Crippen LogP contribution < -0.4 is 0 Å². The van der Waals surface area contributed by atoms with Gasteiger partial charge < -0.3 is 10.2 Å². The molecule has 0 saturated carbocycles. The van der Waals surface area contributed by atoms with Gasteiger partial charge in [-0.1, -0.05) is 24.0 Å². The van der Waals surface area contributed by atoms with Crippen LogP contribution in [0.2, 0.25) is 0 Å². The Morgan fingerprint density at radius 2 is 2.10 bits per heavy atom. The highest BCUT2D eigenvalue weighted by Crippen LogP contribution is 2.21. The number of hydrogen-bond acceptors (Lipinski definition) is 3. The van der Waals surface area contributed by atoms with Gasteiger partial charge in [-0.05, 0) is 56.5 Å². The molecule has 0 amide bonds. The van der Waals surface area contributed by atoms with E-state index in [0.29, 0.717) is 5.92 Å². The molecule has 1 saturated heterocycles. The number of rotatable bonds is 3. The summed E-state index contributed by atoms with van der Waals surface area (Å²) < 4.78 is 0. The third-order valence-corrected chi connectivity index (χ3v) is 3.96. The fourth-order valence-corrected chi connectivity index (χ4v) is 2.74. The minimum atomic E-state index is -0.186. The molecular formula is C17H23NO2. The lowest BCUT2D eigenvalue weighted by molar-refractivity contribution is 0.0695. The quantitative estimate of drug-likeness (QED) is 0.823. The van der Waals surface area contributed by atoms with Gasteiger partial charge in [-0.2, -0.15) is 0 Å². The molecule has 1 aliphatic heterocycles. The lowest BCUT2D eigenvalue weighted by Crippen LogP contribution is -2.36. The summed E-state index contributed by atoms with van der Waals surface area (Å²) in [5, 5.41) is 18.3. The minimum Gasteiger partial charge on any atom is -0.393 e. The van der Waals surface area contributed by atoms with Gasteiger partial charge in [-0.3, -0.25) is 4.90 Å². The summed E-state index contributed by atoms with van der Waals surface area (Å²) in [5.41, 5.74) is 2.21. The van der Waals surface area contributed by atoms with Crippen molar-refractivity contribution in [3.05, 3.63) is 35.4 Å². The van der Waals surface area contributed by atoms with Gasteiger partial charge in [0.25, 0.3) is 0 Å². The van der Waals surface area contributed by atoms with Gasteiger partial charge in [-0.15, -0.1) is 0 Å². The Labute approximate surface area is 121 Å². The molecule has 3 heteroatoms. The molecule has 1 heterocycles. The molecule has 1 aromatic carbocycles. The van der Waals surface area contributed by atoms with E-state index in [1.165, 1.54) is 5.56 Å². The van der Waals surface area contributed by atoms with Crippen molar-refractivity contribution in [1.82, 2.24) is 4.90 Å². The maximum atomic E-state index is 9.62. The lowest BCUT2D eigenvalue weighted by Gasteiger charge is -2.33. The fourth-order valence-electron chi connectivity index (χ4n) is 2.74. The van der Waals surface area contributed by atoms with Crippen LogP contribution in [0.5, 0.6) is 0 Å². The molecule has 1 aromatic rings. The van der Waals surface area contributed by atoms with Gasteiger partial charge in [0.15, 0.2) is 0 Å². The average molecular weight is 273 g/mol. The molecule has 108 valence electrons. The van der Waals surface area contributed by atoms with E-state index in [1.54, 1.807) is 0 Å². The molecule has 0 radical (unpaired) electrons. The number of nitrogens with zero attached hydrogens (tertiary/aromatic N) is 1. The molecule has 0 bridgehead atoms. The van der Waals surface area contributed by atoms with Gasteiger partial charge in [0.2, 0.25) is 0 Å². The first-order valence-electron chi connectivity index (χ1n) is 7.28. The first-order valence-corrected chi connectivity index (χ1v) is 7.28. The zero-order valence-electron chi connectivity index (χ0n) is 12.0. The Morgan fingerprint density at radius 1 is 1.35 bits per heavy atom. The van der Waals surface area contributed by atoms with Crippen LogP contribution in [0.15, 0.2) is 24.3 Å². The number of aliphatic hydroxyl groups excluding tert-OH is 2. The summed E-state index contributed by atoms with van der Waals surface area (Å²) in [6.45, 7) is 4.81. The third-order valence-electron chi connectivity index (χ3n) is 3.96. The molecule has 2 N–H and O–H groups in total. The summed E-state index contributed by atoms with van der Waals surface area (Å²) in [7, 11) is 0. The Hall–Kier alpha value is -1.34. The molecule has 1 unspecified atom stereocenters. The van der Waals surface area contributed by atoms with E-state index in [-0.39, 0.29) is 12.7 Å². The number of benzene rings is 1. The van der Waals surface area contributed by atoms with Crippen LogP contribution in [0, 0.1) is 17.8 Å². The normalized spacial score (nSPS) is 18.4. The summed E-state index contributed by atoms with van der Waals surface area (Å²) in [4.78, 5) is 2.43.